The lowest BCUT2D eigenvalue weighted by molar-refractivity contribution is 0.00290. The lowest BCUT2D eigenvalue weighted by Crippen LogP contribution is -2.37. The molecule has 11 heteroatoms. The number of hydrogen-bond donors (Lipinski definition) is 5. The van der Waals surface area contributed by atoms with E-state index in [4.69, 9.17) is 18.9 Å². The van der Waals surface area contributed by atoms with E-state index in [2.05, 4.69) is 13.8 Å². The summed E-state index contributed by atoms with van der Waals surface area (Å²) in [7, 11) is 5.09. The first-order valence-corrected chi connectivity index (χ1v) is 20.7. The van der Waals surface area contributed by atoms with E-state index in [1.807, 2.05) is 29.0 Å². The Labute approximate surface area is 308 Å². The molecule has 0 unspecified atom stereocenters. The molecule has 0 spiro atoms. The number of benzene rings is 3. The van der Waals surface area contributed by atoms with E-state index >= 15 is 0 Å². The summed E-state index contributed by atoms with van der Waals surface area (Å²) in [6, 6.07) is 8.98. The van der Waals surface area contributed by atoms with E-state index in [1.165, 1.54) is 32.8 Å². The fourth-order valence-corrected chi connectivity index (χ4v) is 11.7. The summed E-state index contributed by atoms with van der Waals surface area (Å²) in [5, 5.41) is 56.0. The number of ether oxygens (including phenoxy) is 4. The topological polar surface area (TPSA) is 138 Å². The van der Waals surface area contributed by atoms with E-state index < -0.39 is 12.2 Å². The smallest absolute Gasteiger partial charge is 0.207 e. The molecule has 1 saturated carbocycles. The number of phenols is 3. The number of phenolic OH excluding ortho intramolecular Hbond substituents is 3. The predicted molar refractivity (Wildman–Crippen MR) is 201 cm³/mol. The summed E-state index contributed by atoms with van der Waals surface area (Å²) in [6.07, 6.45) is 6.31. The van der Waals surface area contributed by atoms with Crippen molar-refractivity contribution in [1.82, 2.24) is 0 Å². The maximum Gasteiger partial charge on any atom is 0.207 e. The van der Waals surface area contributed by atoms with Crippen LogP contribution in [0.3, 0.4) is 0 Å². The Kier molecular flexibility index (Phi) is 11.0. The Bertz CT molecular complexity index is 1730. The van der Waals surface area contributed by atoms with Gasteiger partial charge in [0.2, 0.25) is 11.5 Å². The van der Waals surface area contributed by atoms with Crippen LogP contribution in [0.4, 0.5) is 0 Å². The molecule has 0 aromatic heterocycles. The van der Waals surface area contributed by atoms with Gasteiger partial charge in [-0.15, -0.1) is 0 Å². The van der Waals surface area contributed by atoms with Crippen LogP contribution in [0, 0.1) is 11.8 Å². The Balaban J connectivity index is 1.39. The minimum atomic E-state index is -1.06. The first-order valence-electron chi connectivity index (χ1n) is 18.3. The largest absolute Gasteiger partial charge is 0.508 e. The monoisotopic (exact) mass is 738 g/mol. The highest BCUT2D eigenvalue weighted by Gasteiger charge is 2.45. The summed E-state index contributed by atoms with van der Waals surface area (Å²) in [5.41, 5.74) is 5.25. The molecule has 3 aromatic carbocycles. The van der Waals surface area contributed by atoms with Crippen LogP contribution in [0.1, 0.15) is 99.0 Å². The fraction of sp³-hybridized carbons (Fsp3) is 0.550. The van der Waals surface area contributed by atoms with Crippen molar-refractivity contribution in [2.24, 2.45) is 11.8 Å². The van der Waals surface area contributed by atoms with Gasteiger partial charge in [0.15, 0.2) is 17.6 Å². The van der Waals surface area contributed by atoms with Gasteiger partial charge < -0.3 is 44.5 Å². The molecule has 2 aliphatic carbocycles. The zero-order valence-electron chi connectivity index (χ0n) is 29.6. The van der Waals surface area contributed by atoms with Gasteiger partial charge >= 0.3 is 0 Å². The van der Waals surface area contributed by atoms with Crippen molar-refractivity contribution in [2.75, 3.05) is 32.7 Å². The number of fused-ring (bicyclic) bond motifs is 6. The molecule has 2 heterocycles. The molecule has 1 fully saturated rings. The van der Waals surface area contributed by atoms with E-state index in [9.17, 15) is 25.5 Å². The molecule has 0 radical (unpaired) electrons. The van der Waals surface area contributed by atoms with Crippen molar-refractivity contribution in [1.29, 1.82) is 0 Å². The maximum absolute atomic E-state index is 12.4. The quantitative estimate of drug-likeness (QED) is 0.136. The van der Waals surface area contributed by atoms with Crippen LogP contribution in [0.25, 0.3) is 11.1 Å². The van der Waals surface area contributed by atoms with Crippen LogP contribution >= 0.6 is 21.6 Å². The maximum atomic E-state index is 12.4. The Morgan fingerprint density at radius 1 is 0.941 bits per heavy atom. The first-order chi connectivity index (χ1) is 24.7. The van der Waals surface area contributed by atoms with Crippen molar-refractivity contribution in [2.45, 2.75) is 94.5 Å². The molecule has 4 bridgehead atoms. The van der Waals surface area contributed by atoms with Gasteiger partial charge in [0, 0.05) is 39.7 Å². The SMILES string of the molecule is COc1c(O)c(OCCC(C)C)cc([C@H]2Oc3cc(OCCO)c4c5c3[C@H](CSS[C@H]3CCC[C@H](CC[C@@H](C5)c5cc(O)ccc5-4)C3)[C@H]2O)c1O. The Morgan fingerprint density at radius 3 is 2.55 bits per heavy atom. The molecular formula is C40H50O9S2. The first kappa shape index (κ1) is 36.2. The van der Waals surface area contributed by atoms with Crippen LogP contribution in [0.2, 0.25) is 0 Å². The van der Waals surface area contributed by atoms with Crippen LogP contribution in [-0.2, 0) is 6.42 Å². The van der Waals surface area contributed by atoms with Gasteiger partial charge in [-0.2, -0.15) is 0 Å². The lowest BCUT2D eigenvalue weighted by atomic mass is 9.71. The average Bonchev–Trinajstić information content (AvgIpc) is 3.12. The second-order valence-electron chi connectivity index (χ2n) is 14.9. The summed E-state index contributed by atoms with van der Waals surface area (Å²) >= 11 is 0. The average molecular weight is 739 g/mol. The molecule has 5 N–H and O–H groups in total. The molecule has 4 aliphatic rings. The van der Waals surface area contributed by atoms with Gasteiger partial charge in [-0.25, -0.2) is 0 Å². The normalized spacial score (nSPS) is 25.5. The van der Waals surface area contributed by atoms with Gasteiger partial charge in [-0.05, 0) is 91.2 Å². The zero-order valence-corrected chi connectivity index (χ0v) is 31.2. The van der Waals surface area contributed by atoms with E-state index in [1.54, 1.807) is 22.9 Å². The van der Waals surface area contributed by atoms with Crippen LogP contribution in [-0.4, -0.2) is 69.6 Å². The number of rotatable bonds is 9. The highest BCUT2D eigenvalue weighted by Crippen LogP contribution is 2.58. The lowest BCUT2D eigenvalue weighted by Gasteiger charge is -2.41. The molecule has 9 nitrogen and oxygen atoms in total. The standard InChI is InChI=1S/C40H50O9S2/c1-21(2)11-13-47-33-18-29(36(43)40(46-3)38(33)45)39-37(44)30-20-50-51-25-6-4-5-22(15-25)7-8-23-16-28-34(26-10-9-24(42)17-27(23)26)31(48-14-12-41)19-32(49-39)35(28)30/h9-10,17-19,21-23,25,30,37,39,41-45H,4-8,11-16,20H2,1-3H3/t22-,23+,25+,30+,37-,39-/m1/s1. The summed E-state index contributed by atoms with van der Waals surface area (Å²) in [6.45, 7) is 4.45. The minimum absolute atomic E-state index is 0.0835. The minimum Gasteiger partial charge on any atom is -0.508 e. The third-order valence-corrected chi connectivity index (χ3v) is 14.1. The third kappa shape index (κ3) is 7.15. The molecule has 0 saturated heterocycles. The van der Waals surface area contributed by atoms with Gasteiger partial charge in [0.05, 0.1) is 20.3 Å². The number of aliphatic hydroxyl groups is 2. The van der Waals surface area contributed by atoms with Crippen molar-refractivity contribution < 1.29 is 44.5 Å². The van der Waals surface area contributed by atoms with Crippen molar-refractivity contribution >= 4 is 21.6 Å². The second kappa shape index (κ2) is 15.5. The molecular weight excluding hydrogens is 689 g/mol. The highest BCUT2D eigenvalue weighted by atomic mass is 33.1. The van der Waals surface area contributed by atoms with E-state index in [-0.39, 0.29) is 59.4 Å². The van der Waals surface area contributed by atoms with Crippen molar-refractivity contribution in [3.63, 3.8) is 0 Å². The molecule has 7 rings (SSSR count). The molecule has 0 amide bonds. The molecule has 6 atom stereocenters. The number of aromatic hydroxyl groups is 3. The number of aliphatic hydroxyl groups excluding tert-OH is 2. The van der Waals surface area contributed by atoms with Gasteiger partial charge in [0.1, 0.15) is 30.0 Å². The zero-order chi connectivity index (χ0) is 35.8. The Morgan fingerprint density at radius 2 is 1.76 bits per heavy atom. The van der Waals surface area contributed by atoms with Crippen molar-refractivity contribution in [3.05, 3.63) is 52.6 Å². The molecule has 3 aromatic rings. The molecule has 2 aliphatic heterocycles. The third-order valence-electron chi connectivity index (χ3n) is 11.1. The predicted octanol–water partition coefficient (Wildman–Crippen LogP) is 8.23. The van der Waals surface area contributed by atoms with Gasteiger partial charge in [-0.1, -0.05) is 54.3 Å². The summed E-state index contributed by atoms with van der Waals surface area (Å²) in [4.78, 5) is 0. The molecule has 51 heavy (non-hydrogen) atoms. The summed E-state index contributed by atoms with van der Waals surface area (Å²) < 4.78 is 24.5. The second-order valence-corrected chi connectivity index (χ2v) is 17.6. The van der Waals surface area contributed by atoms with Gasteiger partial charge in [0.25, 0.3) is 0 Å². The Hall–Kier alpha value is -3.12. The highest BCUT2D eigenvalue weighted by molar-refractivity contribution is 8.76. The van der Waals surface area contributed by atoms with E-state index in [0.29, 0.717) is 47.4 Å². The van der Waals surface area contributed by atoms with Crippen LogP contribution in [0.5, 0.6) is 40.2 Å². The fourth-order valence-electron chi connectivity index (χ4n) is 8.52. The van der Waals surface area contributed by atoms with Crippen LogP contribution in [0.15, 0.2) is 30.3 Å². The molecule has 276 valence electrons. The summed E-state index contributed by atoms with van der Waals surface area (Å²) in [5.74, 6) is 2.17. The van der Waals surface area contributed by atoms with Gasteiger partial charge in [-0.3, -0.25) is 0 Å². The number of hydrogen-bond acceptors (Lipinski definition) is 11. The van der Waals surface area contributed by atoms with Crippen molar-refractivity contribution in [3.8, 4) is 51.4 Å². The van der Waals surface area contributed by atoms with Crippen LogP contribution < -0.4 is 18.9 Å². The van der Waals surface area contributed by atoms with E-state index in [0.717, 1.165) is 47.1 Å². The number of methoxy groups -OCH3 is 1.